The lowest BCUT2D eigenvalue weighted by atomic mass is 9.92. The zero-order valence-electron chi connectivity index (χ0n) is 13.8. The summed E-state index contributed by atoms with van der Waals surface area (Å²) in [6.07, 6.45) is 0.874. The fourth-order valence-corrected chi connectivity index (χ4v) is 3.24. The van der Waals surface area contributed by atoms with Crippen LogP contribution in [-0.4, -0.2) is 6.29 Å². The number of hydrogen-bond acceptors (Lipinski definition) is 1. The Balaban J connectivity index is 2.08. The van der Waals surface area contributed by atoms with Crippen LogP contribution in [0, 0.1) is 20.8 Å². The molecular formula is C22H20O. The van der Waals surface area contributed by atoms with Crippen molar-refractivity contribution in [2.24, 2.45) is 0 Å². The van der Waals surface area contributed by atoms with Crippen molar-refractivity contribution >= 4 is 6.29 Å². The van der Waals surface area contributed by atoms with Crippen LogP contribution >= 0.6 is 0 Å². The van der Waals surface area contributed by atoms with Crippen molar-refractivity contribution in [1.82, 2.24) is 0 Å². The number of hydrogen-bond donors (Lipinski definition) is 0. The molecule has 3 rings (SSSR count). The van der Waals surface area contributed by atoms with Gasteiger partial charge in [0, 0.05) is 5.56 Å². The van der Waals surface area contributed by atoms with Crippen molar-refractivity contribution in [3.8, 4) is 22.3 Å². The van der Waals surface area contributed by atoms with Crippen LogP contribution in [0.3, 0.4) is 0 Å². The topological polar surface area (TPSA) is 17.1 Å². The van der Waals surface area contributed by atoms with Crippen molar-refractivity contribution in [1.29, 1.82) is 0 Å². The van der Waals surface area contributed by atoms with E-state index in [9.17, 15) is 4.79 Å². The van der Waals surface area contributed by atoms with Crippen LogP contribution in [0.1, 0.15) is 27.0 Å². The van der Waals surface area contributed by atoms with E-state index >= 15 is 0 Å². The molecule has 0 saturated carbocycles. The first-order chi connectivity index (χ1) is 11.1. The van der Waals surface area contributed by atoms with Gasteiger partial charge in [0.1, 0.15) is 6.29 Å². The Morgan fingerprint density at radius 3 is 1.91 bits per heavy atom. The molecule has 3 aromatic rings. The summed E-state index contributed by atoms with van der Waals surface area (Å²) in [7, 11) is 0. The van der Waals surface area contributed by atoms with Crippen molar-refractivity contribution in [3.05, 3.63) is 82.9 Å². The van der Waals surface area contributed by atoms with Crippen LogP contribution < -0.4 is 0 Å². The molecule has 0 radical (unpaired) electrons. The Morgan fingerprint density at radius 2 is 1.30 bits per heavy atom. The molecule has 0 atom stereocenters. The van der Waals surface area contributed by atoms with E-state index in [-0.39, 0.29) is 0 Å². The van der Waals surface area contributed by atoms with Crippen molar-refractivity contribution < 1.29 is 4.79 Å². The molecule has 0 unspecified atom stereocenters. The SMILES string of the molecule is Cc1cc(C)c(-c2cccc(-c3ccc(C=O)cc3)c2)c(C)c1. The van der Waals surface area contributed by atoms with Gasteiger partial charge in [-0.2, -0.15) is 0 Å². The Morgan fingerprint density at radius 1 is 0.696 bits per heavy atom. The largest absolute Gasteiger partial charge is 0.298 e. The number of aldehydes is 1. The molecule has 0 spiro atoms. The third-order valence-corrected chi connectivity index (χ3v) is 4.21. The molecule has 0 aromatic heterocycles. The summed E-state index contributed by atoms with van der Waals surface area (Å²) < 4.78 is 0. The van der Waals surface area contributed by atoms with Crippen LogP contribution in [-0.2, 0) is 0 Å². The highest BCUT2D eigenvalue weighted by molar-refractivity contribution is 5.79. The first-order valence-corrected chi connectivity index (χ1v) is 7.82. The summed E-state index contributed by atoms with van der Waals surface area (Å²) in [6.45, 7) is 6.47. The average Bonchev–Trinajstić information content (AvgIpc) is 2.54. The molecule has 0 bridgehead atoms. The third kappa shape index (κ3) is 3.09. The van der Waals surface area contributed by atoms with Gasteiger partial charge in [-0.15, -0.1) is 0 Å². The molecule has 1 nitrogen and oxygen atoms in total. The van der Waals surface area contributed by atoms with E-state index in [0.717, 1.165) is 11.8 Å². The lowest BCUT2D eigenvalue weighted by Gasteiger charge is -2.13. The lowest BCUT2D eigenvalue weighted by Crippen LogP contribution is -1.90. The fraction of sp³-hybridized carbons (Fsp3) is 0.136. The van der Waals surface area contributed by atoms with Gasteiger partial charge in [-0.1, -0.05) is 60.2 Å². The van der Waals surface area contributed by atoms with Gasteiger partial charge in [0.2, 0.25) is 0 Å². The Kier molecular flexibility index (Phi) is 4.12. The summed E-state index contributed by atoms with van der Waals surface area (Å²) in [4.78, 5) is 10.8. The molecule has 0 amide bonds. The van der Waals surface area contributed by atoms with Crippen molar-refractivity contribution in [2.75, 3.05) is 0 Å². The van der Waals surface area contributed by atoms with Crippen molar-refractivity contribution in [3.63, 3.8) is 0 Å². The minimum atomic E-state index is 0.704. The minimum absolute atomic E-state index is 0.704. The molecule has 0 fully saturated rings. The highest BCUT2D eigenvalue weighted by Crippen LogP contribution is 2.31. The molecule has 23 heavy (non-hydrogen) atoms. The van der Waals surface area contributed by atoms with Crippen LogP contribution in [0.5, 0.6) is 0 Å². The van der Waals surface area contributed by atoms with E-state index < -0.39 is 0 Å². The zero-order chi connectivity index (χ0) is 16.4. The summed E-state index contributed by atoms with van der Waals surface area (Å²) in [5, 5.41) is 0. The number of aryl methyl sites for hydroxylation is 3. The van der Waals surface area contributed by atoms with E-state index in [0.29, 0.717) is 5.56 Å². The van der Waals surface area contributed by atoms with Crippen molar-refractivity contribution in [2.45, 2.75) is 20.8 Å². The first-order valence-electron chi connectivity index (χ1n) is 7.82. The predicted octanol–water partition coefficient (Wildman–Crippen LogP) is 5.76. The molecule has 1 heteroatoms. The van der Waals surface area contributed by atoms with E-state index in [4.69, 9.17) is 0 Å². The average molecular weight is 300 g/mol. The Hall–Kier alpha value is -2.67. The summed E-state index contributed by atoms with van der Waals surface area (Å²) in [5.74, 6) is 0. The predicted molar refractivity (Wildman–Crippen MR) is 96.9 cm³/mol. The molecule has 0 aliphatic heterocycles. The quantitative estimate of drug-likeness (QED) is 0.562. The highest BCUT2D eigenvalue weighted by Gasteiger charge is 2.08. The van der Waals surface area contributed by atoms with Gasteiger partial charge in [-0.05, 0) is 60.2 Å². The van der Waals surface area contributed by atoms with Crippen LogP contribution in [0.25, 0.3) is 22.3 Å². The highest BCUT2D eigenvalue weighted by atomic mass is 16.1. The number of benzene rings is 3. The molecule has 114 valence electrons. The van der Waals surface area contributed by atoms with E-state index in [1.165, 1.54) is 33.4 Å². The van der Waals surface area contributed by atoms with Gasteiger partial charge < -0.3 is 0 Å². The number of rotatable bonds is 3. The van der Waals surface area contributed by atoms with E-state index in [1.807, 2.05) is 24.3 Å². The summed E-state index contributed by atoms with van der Waals surface area (Å²) in [6, 6.07) is 20.8. The smallest absolute Gasteiger partial charge is 0.150 e. The molecular weight excluding hydrogens is 280 g/mol. The van der Waals surface area contributed by atoms with Gasteiger partial charge >= 0.3 is 0 Å². The molecule has 0 aliphatic rings. The second-order valence-electron chi connectivity index (χ2n) is 6.09. The maximum atomic E-state index is 10.8. The van der Waals surface area contributed by atoms with E-state index in [1.54, 1.807) is 0 Å². The zero-order valence-corrected chi connectivity index (χ0v) is 13.8. The van der Waals surface area contributed by atoms with Gasteiger partial charge in [0.05, 0.1) is 0 Å². The second kappa shape index (κ2) is 6.21. The molecule has 3 aromatic carbocycles. The van der Waals surface area contributed by atoms with Gasteiger partial charge in [0.15, 0.2) is 0 Å². The van der Waals surface area contributed by atoms with Crippen LogP contribution in [0.15, 0.2) is 60.7 Å². The minimum Gasteiger partial charge on any atom is -0.298 e. The van der Waals surface area contributed by atoms with Gasteiger partial charge in [-0.25, -0.2) is 0 Å². The van der Waals surface area contributed by atoms with Gasteiger partial charge in [0.25, 0.3) is 0 Å². The number of carbonyl (C=O) groups excluding carboxylic acids is 1. The lowest BCUT2D eigenvalue weighted by molar-refractivity contribution is 0.112. The Bertz CT molecular complexity index is 834. The molecule has 0 N–H and O–H groups in total. The third-order valence-electron chi connectivity index (χ3n) is 4.21. The fourth-order valence-electron chi connectivity index (χ4n) is 3.24. The maximum absolute atomic E-state index is 10.8. The summed E-state index contributed by atoms with van der Waals surface area (Å²) in [5.41, 5.74) is 9.43. The van der Waals surface area contributed by atoms with Gasteiger partial charge in [-0.3, -0.25) is 4.79 Å². The Labute approximate surface area is 137 Å². The van der Waals surface area contributed by atoms with Crippen LogP contribution in [0.4, 0.5) is 0 Å². The van der Waals surface area contributed by atoms with E-state index in [2.05, 4.69) is 57.2 Å². The second-order valence-corrected chi connectivity index (χ2v) is 6.09. The first kappa shape index (κ1) is 15.2. The molecule has 0 aliphatic carbocycles. The normalized spacial score (nSPS) is 10.6. The molecule has 0 saturated heterocycles. The monoisotopic (exact) mass is 300 g/mol. The standard InChI is InChI=1S/C22H20O/c1-15-11-16(2)22(17(3)12-15)21-6-4-5-20(13-21)19-9-7-18(14-23)8-10-19/h4-14H,1-3H3. The summed E-state index contributed by atoms with van der Waals surface area (Å²) >= 11 is 0. The molecule has 0 heterocycles. The van der Waals surface area contributed by atoms with Crippen LogP contribution in [0.2, 0.25) is 0 Å². The number of carbonyl (C=O) groups is 1. The maximum Gasteiger partial charge on any atom is 0.150 e.